The Hall–Kier alpha value is -0.600. The Balaban J connectivity index is 3.09. The molecule has 0 saturated heterocycles. The highest BCUT2D eigenvalue weighted by Gasteiger charge is 1.92. The van der Waals surface area contributed by atoms with Crippen molar-refractivity contribution in [2.24, 2.45) is 0 Å². The van der Waals surface area contributed by atoms with Crippen LogP contribution in [-0.2, 0) is 5.11 Å². The van der Waals surface area contributed by atoms with E-state index in [0.29, 0.717) is 6.54 Å². The molecule has 0 rings (SSSR count). The predicted octanol–water partition coefficient (Wildman–Crippen LogP) is 0.705. The molecule has 0 aliphatic rings. The summed E-state index contributed by atoms with van der Waals surface area (Å²) in [6, 6.07) is 0. The van der Waals surface area contributed by atoms with Crippen LogP contribution in [-0.4, -0.2) is 12.8 Å². The fourth-order valence-corrected chi connectivity index (χ4v) is 0.283. The Labute approximate surface area is 49.5 Å². The van der Waals surface area contributed by atoms with Crippen LogP contribution in [0, 0.1) is 0 Å². The molecule has 2 nitrogen and oxygen atoms in total. The van der Waals surface area contributed by atoms with Crippen molar-refractivity contribution in [3.05, 3.63) is 25.3 Å². The molecular formula is C6H10NO. The van der Waals surface area contributed by atoms with Gasteiger partial charge in [0.1, 0.15) is 0 Å². The Kier molecular flexibility index (Phi) is 4.21. The van der Waals surface area contributed by atoms with Crippen molar-refractivity contribution in [1.29, 1.82) is 0 Å². The van der Waals surface area contributed by atoms with E-state index in [-0.39, 0.29) is 0 Å². The maximum atomic E-state index is 10.4. The molecular weight excluding hydrogens is 102 g/mol. The first kappa shape index (κ1) is 7.40. The van der Waals surface area contributed by atoms with Gasteiger partial charge in [-0.15, -0.1) is 6.58 Å². The minimum absolute atomic E-state index is 0.542. The molecule has 0 bridgehead atoms. The molecule has 0 amide bonds. The van der Waals surface area contributed by atoms with Gasteiger partial charge >= 0.3 is 0 Å². The van der Waals surface area contributed by atoms with Crippen LogP contribution < -0.4 is 5.32 Å². The Morgan fingerprint density at radius 2 is 2.25 bits per heavy atom. The monoisotopic (exact) mass is 112 g/mol. The minimum Gasteiger partial charge on any atom is -0.283 e. The third kappa shape index (κ3) is 3.59. The van der Waals surface area contributed by atoms with Gasteiger partial charge in [0.2, 0.25) is 0 Å². The lowest BCUT2D eigenvalue weighted by atomic mass is 10.5. The largest absolute Gasteiger partial charge is 0.283 e. The summed E-state index contributed by atoms with van der Waals surface area (Å²) in [4.78, 5) is 0. The maximum Gasteiger partial charge on any atom is 0.162 e. The van der Waals surface area contributed by atoms with Gasteiger partial charge in [0.05, 0.1) is 0 Å². The number of rotatable bonds is 4. The van der Waals surface area contributed by atoms with Crippen molar-refractivity contribution < 1.29 is 5.11 Å². The summed E-state index contributed by atoms with van der Waals surface area (Å²) in [5.74, 6) is 0. The van der Waals surface area contributed by atoms with Crippen LogP contribution in [0.3, 0.4) is 0 Å². The van der Waals surface area contributed by atoms with E-state index < -0.39 is 6.23 Å². The SMILES string of the molecule is C=CCNC([O])C=C. The highest BCUT2D eigenvalue weighted by molar-refractivity contribution is 4.79. The molecule has 45 valence electrons. The summed E-state index contributed by atoms with van der Waals surface area (Å²) >= 11 is 0. The Bertz CT molecular complexity index is 80.6. The zero-order valence-electron chi connectivity index (χ0n) is 4.76. The van der Waals surface area contributed by atoms with Crippen LogP contribution in [0.2, 0.25) is 0 Å². The van der Waals surface area contributed by atoms with E-state index in [1.165, 1.54) is 6.08 Å². The van der Waals surface area contributed by atoms with E-state index in [9.17, 15) is 5.11 Å². The fourth-order valence-electron chi connectivity index (χ4n) is 0.283. The molecule has 0 heterocycles. The van der Waals surface area contributed by atoms with Crippen molar-refractivity contribution in [3.8, 4) is 0 Å². The van der Waals surface area contributed by atoms with E-state index in [0.717, 1.165) is 0 Å². The summed E-state index contributed by atoms with van der Waals surface area (Å²) < 4.78 is 0. The average molecular weight is 112 g/mol. The molecule has 0 aromatic heterocycles. The second-order valence-corrected chi connectivity index (χ2v) is 1.35. The van der Waals surface area contributed by atoms with Crippen molar-refractivity contribution in [2.75, 3.05) is 6.54 Å². The van der Waals surface area contributed by atoms with Crippen molar-refractivity contribution >= 4 is 0 Å². The third-order valence-corrected chi connectivity index (χ3v) is 0.677. The van der Waals surface area contributed by atoms with Gasteiger partial charge in [-0.25, -0.2) is 5.11 Å². The summed E-state index contributed by atoms with van der Waals surface area (Å²) in [5, 5.41) is 13.0. The predicted molar refractivity (Wildman–Crippen MR) is 32.9 cm³/mol. The molecule has 1 N–H and O–H groups in total. The zero-order valence-corrected chi connectivity index (χ0v) is 4.76. The van der Waals surface area contributed by atoms with Gasteiger partial charge in [0, 0.05) is 6.54 Å². The number of nitrogens with one attached hydrogen (secondary N) is 1. The molecule has 8 heavy (non-hydrogen) atoms. The first-order chi connectivity index (χ1) is 3.81. The molecule has 2 heteroatoms. The zero-order chi connectivity index (χ0) is 6.41. The summed E-state index contributed by atoms with van der Waals surface area (Å²) in [7, 11) is 0. The van der Waals surface area contributed by atoms with E-state index in [4.69, 9.17) is 0 Å². The molecule has 0 saturated carbocycles. The maximum absolute atomic E-state index is 10.4. The van der Waals surface area contributed by atoms with Crippen molar-refractivity contribution in [2.45, 2.75) is 6.23 Å². The molecule has 1 unspecified atom stereocenters. The molecule has 1 atom stereocenters. The molecule has 0 spiro atoms. The van der Waals surface area contributed by atoms with E-state index in [2.05, 4.69) is 18.5 Å². The summed E-state index contributed by atoms with van der Waals surface area (Å²) in [6.07, 6.45) is 2.09. The van der Waals surface area contributed by atoms with Crippen LogP contribution in [0.25, 0.3) is 0 Å². The second kappa shape index (κ2) is 4.56. The third-order valence-electron chi connectivity index (χ3n) is 0.677. The van der Waals surface area contributed by atoms with Crippen molar-refractivity contribution in [1.82, 2.24) is 5.32 Å². The van der Waals surface area contributed by atoms with Gasteiger partial charge in [-0.3, -0.25) is 5.32 Å². The summed E-state index contributed by atoms with van der Waals surface area (Å²) in [6.45, 7) is 7.28. The molecule has 0 aromatic rings. The van der Waals surface area contributed by atoms with Gasteiger partial charge in [0.15, 0.2) is 6.23 Å². The number of hydrogen-bond donors (Lipinski definition) is 1. The van der Waals surface area contributed by atoms with Gasteiger partial charge in [-0.1, -0.05) is 12.7 Å². The fraction of sp³-hybridized carbons (Fsp3) is 0.333. The second-order valence-electron chi connectivity index (χ2n) is 1.35. The molecule has 0 aliphatic carbocycles. The number of hydrogen-bond acceptors (Lipinski definition) is 1. The smallest absolute Gasteiger partial charge is 0.162 e. The first-order valence-corrected chi connectivity index (χ1v) is 2.44. The molecule has 0 aliphatic heterocycles. The van der Waals surface area contributed by atoms with Crippen LogP contribution in [0.1, 0.15) is 0 Å². The van der Waals surface area contributed by atoms with E-state index >= 15 is 0 Å². The Morgan fingerprint density at radius 3 is 2.62 bits per heavy atom. The average Bonchev–Trinajstić information content (AvgIpc) is 1.83. The van der Waals surface area contributed by atoms with Gasteiger partial charge < -0.3 is 0 Å². The molecule has 0 aromatic carbocycles. The first-order valence-electron chi connectivity index (χ1n) is 2.44. The van der Waals surface area contributed by atoms with Crippen LogP contribution >= 0.6 is 0 Å². The van der Waals surface area contributed by atoms with Crippen LogP contribution in [0.15, 0.2) is 25.3 Å². The van der Waals surface area contributed by atoms with E-state index in [1.807, 2.05) is 0 Å². The summed E-state index contributed by atoms with van der Waals surface area (Å²) in [5.41, 5.74) is 0. The highest BCUT2D eigenvalue weighted by atomic mass is 16.3. The van der Waals surface area contributed by atoms with Crippen LogP contribution in [0.4, 0.5) is 0 Å². The van der Waals surface area contributed by atoms with Gasteiger partial charge in [-0.05, 0) is 6.08 Å². The Morgan fingerprint density at radius 1 is 1.62 bits per heavy atom. The lowest BCUT2D eigenvalue weighted by Gasteiger charge is -1.99. The molecule has 1 radical (unpaired) electrons. The van der Waals surface area contributed by atoms with Gasteiger partial charge in [0.25, 0.3) is 0 Å². The normalized spacial score (nSPS) is 12.6. The lowest BCUT2D eigenvalue weighted by molar-refractivity contribution is 0.104. The standard InChI is InChI=1S/C6H10NO/c1-3-5-7-6(8)4-2/h3-4,6-7H,1-2,5H2. The quantitative estimate of drug-likeness (QED) is 0.421. The minimum atomic E-state index is -0.854. The topological polar surface area (TPSA) is 31.9 Å². The van der Waals surface area contributed by atoms with Crippen LogP contribution in [0.5, 0.6) is 0 Å². The van der Waals surface area contributed by atoms with E-state index in [1.54, 1.807) is 6.08 Å². The lowest BCUT2D eigenvalue weighted by Crippen LogP contribution is -2.24. The van der Waals surface area contributed by atoms with Crippen molar-refractivity contribution in [3.63, 3.8) is 0 Å². The van der Waals surface area contributed by atoms with Gasteiger partial charge in [-0.2, -0.15) is 0 Å². The highest BCUT2D eigenvalue weighted by Crippen LogP contribution is 1.75. The molecule has 0 fully saturated rings.